The Kier molecular flexibility index (Phi) is 4.25. The molecule has 0 fully saturated rings. The lowest BCUT2D eigenvalue weighted by Crippen LogP contribution is -2.25. The minimum Gasteiger partial charge on any atom is -0.385 e. The van der Waals surface area contributed by atoms with Gasteiger partial charge in [-0.1, -0.05) is 0 Å². The van der Waals surface area contributed by atoms with Crippen molar-refractivity contribution in [1.29, 1.82) is 0 Å². The number of carbonyl (C=O) groups is 1. The number of rotatable bonds is 5. The number of aryl methyl sites for hydroxylation is 2. The van der Waals surface area contributed by atoms with E-state index in [-0.39, 0.29) is 5.91 Å². The Hall–Kier alpha value is -1.81. The summed E-state index contributed by atoms with van der Waals surface area (Å²) in [5.41, 5.74) is 4.66. The average molecular weight is 286 g/mol. The van der Waals surface area contributed by atoms with Crippen LogP contribution in [0.2, 0.25) is 0 Å². The highest BCUT2D eigenvalue weighted by atomic mass is 16.5. The van der Waals surface area contributed by atoms with Gasteiger partial charge in [0.15, 0.2) is 0 Å². The quantitative estimate of drug-likeness (QED) is 0.830. The predicted octanol–water partition coefficient (Wildman–Crippen LogP) is 2.81. The SMILES string of the molecule is COCCCNC(=O)c1ccc2[nH]c3c(c2c1)CCCC3. The second kappa shape index (κ2) is 6.31. The lowest BCUT2D eigenvalue weighted by Gasteiger charge is -2.10. The van der Waals surface area contributed by atoms with E-state index >= 15 is 0 Å². The Bertz CT molecular complexity index is 646. The summed E-state index contributed by atoms with van der Waals surface area (Å²) in [6.07, 6.45) is 5.58. The Morgan fingerprint density at radius 2 is 2.19 bits per heavy atom. The summed E-state index contributed by atoms with van der Waals surface area (Å²) in [5, 5.41) is 4.16. The van der Waals surface area contributed by atoms with E-state index < -0.39 is 0 Å². The molecule has 0 saturated carbocycles. The molecule has 0 spiro atoms. The molecule has 1 aliphatic rings. The van der Waals surface area contributed by atoms with E-state index in [0.29, 0.717) is 13.2 Å². The Labute approximate surface area is 124 Å². The van der Waals surface area contributed by atoms with E-state index in [2.05, 4.69) is 10.3 Å². The number of amides is 1. The molecule has 1 heterocycles. The fourth-order valence-electron chi connectivity index (χ4n) is 3.07. The Morgan fingerprint density at radius 3 is 3.05 bits per heavy atom. The molecular weight excluding hydrogens is 264 g/mol. The van der Waals surface area contributed by atoms with Gasteiger partial charge < -0.3 is 15.0 Å². The van der Waals surface area contributed by atoms with Crippen LogP contribution in [0, 0.1) is 0 Å². The molecule has 0 bridgehead atoms. The van der Waals surface area contributed by atoms with E-state index in [1.165, 1.54) is 29.5 Å². The number of benzene rings is 1. The summed E-state index contributed by atoms with van der Waals surface area (Å²) in [6.45, 7) is 1.32. The number of carbonyl (C=O) groups excluding carboxylic acids is 1. The monoisotopic (exact) mass is 286 g/mol. The zero-order valence-corrected chi connectivity index (χ0v) is 12.5. The first-order valence-electron chi connectivity index (χ1n) is 7.70. The smallest absolute Gasteiger partial charge is 0.251 e. The fraction of sp³-hybridized carbons (Fsp3) is 0.471. The third-order valence-electron chi connectivity index (χ3n) is 4.17. The summed E-state index contributed by atoms with van der Waals surface area (Å²) in [6, 6.07) is 5.95. The van der Waals surface area contributed by atoms with Crippen molar-refractivity contribution in [3.05, 3.63) is 35.0 Å². The second-order valence-corrected chi connectivity index (χ2v) is 5.65. The zero-order valence-electron chi connectivity index (χ0n) is 12.5. The summed E-state index contributed by atoms with van der Waals surface area (Å²) in [4.78, 5) is 15.7. The number of hydrogen-bond acceptors (Lipinski definition) is 2. The van der Waals surface area contributed by atoms with Gasteiger partial charge in [0.25, 0.3) is 5.91 Å². The molecule has 2 N–H and O–H groups in total. The van der Waals surface area contributed by atoms with Gasteiger partial charge in [0.2, 0.25) is 0 Å². The summed E-state index contributed by atoms with van der Waals surface area (Å²) in [7, 11) is 1.67. The van der Waals surface area contributed by atoms with Crippen molar-refractivity contribution in [2.45, 2.75) is 32.1 Å². The van der Waals surface area contributed by atoms with E-state index in [4.69, 9.17) is 4.74 Å². The number of aromatic nitrogens is 1. The predicted molar refractivity (Wildman–Crippen MR) is 83.8 cm³/mol. The lowest BCUT2D eigenvalue weighted by molar-refractivity contribution is 0.0949. The van der Waals surface area contributed by atoms with Crippen LogP contribution in [0.1, 0.15) is 40.9 Å². The molecule has 1 aromatic heterocycles. The van der Waals surface area contributed by atoms with Crippen molar-refractivity contribution in [3.8, 4) is 0 Å². The zero-order chi connectivity index (χ0) is 14.7. The number of methoxy groups -OCH3 is 1. The third kappa shape index (κ3) is 2.95. The highest BCUT2D eigenvalue weighted by Crippen LogP contribution is 2.29. The molecule has 21 heavy (non-hydrogen) atoms. The van der Waals surface area contributed by atoms with E-state index in [9.17, 15) is 4.79 Å². The van der Waals surface area contributed by atoms with Crippen LogP contribution in [0.5, 0.6) is 0 Å². The minimum atomic E-state index is -0.00115. The van der Waals surface area contributed by atoms with E-state index in [1.807, 2.05) is 18.2 Å². The van der Waals surface area contributed by atoms with Crippen LogP contribution in [0.3, 0.4) is 0 Å². The van der Waals surface area contributed by atoms with Crippen LogP contribution in [0.25, 0.3) is 10.9 Å². The second-order valence-electron chi connectivity index (χ2n) is 5.65. The largest absolute Gasteiger partial charge is 0.385 e. The van der Waals surface area contributed by atoms with Crippen LogP contribution in [0.4, 0.5) is 0 Å². The number of fused-ring (bicyclic) bond motifs is 3. The lowest BCUT2D eigenvalue weighted by atomic mass is 9.95. The molecule has 112 valence electrons. The minimum absolute atomic E-state index is 0.00115. The molecule has 0 atom stereocenters. The van der Waals surface area contributed by atoms with Gasteiger partial charge in [-0.25, -0.2) is 0 Å². The topological polar surface area (TPSA) is 54.1 Å². The first-order valence-corrected chi connectivity index (χ1v) is 7.70. The first-order chi connectivity index (χ1) is 10.3. The maximum atomic E-state index is 12.2. The molecule has 1 amide bonds. The van der Waals surface area contributed by atoms with Gasteiger partial charge in [-0.15, -0.1) is 0 Å². The maximum Gasteiger partial charge on any atom is 0.251 e. The average Bonchev–Trinajstić information content (AvgIpc) is 2.89. The van der Waals surface area contributed by atoms with Gasteiger partial charge in [0.1, 0.15) is 0 Å². The number of H-pyrrole nitrogens is 1. The molecule has 0 unspecified atom stereocenters. The fourth-order valence-corrected chi connectivity index (χ4v) is 3.07. The molecule has 4 heteroatoms. The van der Waals surface area contributed by atoms with Crippen molar-refractivity contribution in [1.82, 2.24) is 10.3 Å². The molecule has 0 aliphatic heterocycles. The number of hydrogen-bond donors (Lipinski definition) is 2. The van der Waals surface area contributed by atoms with Crippen LogP contribution < -0.4 is 5.32 Å². The molecule has 1 aliphatic carbocycles. The van der Waals surface area contributed by atoms with Crippen LogP contribution in [-0.2, 0) is 17.6 Å². The summed E-state index contributed by atoms with van der Waals surface area (Å²) >= 11 is 0. The highest BCUT2D eigenvalue weighted by molar-refractivity contribution is 5.99. The van der Waals surface area contributed by atoms with Crippen molar-refractivity contribution >= 4 is 16.8 Å². The van der Waals surface area contributed by atoms with E-state index in [1.54, 1.807) is 7.11 Å². The highest BCUT2D eigenvalue weighted by Gasteiger charge is 2.16. The molecule has 0 radical (unpaired) electrons. The Morgan fingerprint density at radius 1 is 1.33 bits per heavy atom. The Balaban J connectivity index is 1.78. The van der Waals surface area contributed by atoms with Crippen LogP contribution in [0.15, 0.2) is 18.2 Å². The summed E-state index contributed by atoms with van der Waals surface area (Å²) in [5.74, 6) is -0.00115. The van der Waals surface area contributed by atoms with Gasteiger partial charge in [0, 0.05) is 42.4 Å². The molecule has 1 aromatic carbocycles. The number of aromatic amines is 1. The summed E-state index contributed by atoms with van der Waals surface area (Å²) < 4.78 is 4.98. The van der Waals surface area contributed by atoms with Gasteiger partial charge >= 0.3 is 0 Å². The standard InChI is InChI=1S/C17H22N2O2/c1-21-10-4-9-18-17(20)12-7-8-16-14(11-12)13-5-2-3-6-15(13)19-16/h7-8,11,19H,2-6,9-10H2,1H3,(H,18,20). The third-order valence-corrected chi connectivity index (χ3v) is 4.17. The number of ether oxygens (including phenoxy) is 1. The maximum absolute atomic E-state index is 12.2. The van der Waals surface area contributed by atoms with Crippen LogP contribution >= 0.6 is 0 Å². The molecule has 3 rings (SSSR count). The van der Waals surface area contributed by atoms with Gasteiger partial charge in [-0.3, -0.25) is 4.79 Å². The molecule has 4 nitrogen and oxygen atoms in total. The first kappa shape index (κ1) is 14.1. The molecule has 2 aromatic rings. The van der Waals surface area contributed by atoms with Crippen molar-refractivity contribution in [2.75, 3.05) is 20.3 Å². The van der Waals surface area contributed by atoms with Crippen molar-refractivity contribution < 1.29 is 9.53 Å². The number of nitrogens with one attached hydrogen (secondary N) is 2. The van der Waals surface area contributed by atoms with Crippen molar-refractivity contribution in [3.63, 3.8) is 0 Å². The van der Waals surface area contributed by atoms with E-state index in [0.717, 1.165) is 30.3 Å². The van der Waals surface area contributed by atoms with Crippen molar-refractivity contribution in [2.24, 2.45) is 0 Å². The molecule has 0 saturated heterocycles. The molecular formula is C17H22N2O2. The van der Waals surface area contributed by atoms with Gasteiger partial charge in [-0.05, 0) is 55.9 Å². The van der Waals surface area contributed by atoms with Crippen LogP contribution in [-0.4, -0.2) is 31.2 Å². The van der Waals surface area contributed by atoms with Gasteiger partial charge in [0.05, 0.1) is 0 Å². The normalized spacial score (nSPS) is 14.1. The van der Waals surface area contributed by atoms with Gasteiger partial charge in [-0.2, -0.15) is 0 Å².